The number of benzene rings is 1. The Morgan fingerprint density at radius 3 is 2.68 bits per heavy atom. The number of hydrogen-bond acceptors (Lipinski definition) is 5. The molecule has 1 aliphatic heterocycles. The Bertz CT molecular complexity index is 529. The third kappa shape index (κ3) is 5.20. The van der Waals surface area contributed by atoms with Gasteiger partial charge < -0.3 is 14.8 Å². The molecule has 1 fully saturated rings. The Balaban J connectivity index is 1.52. The van der Waals surface area contributed by atoms with Crippen LogP contribution in [-0.2, 0) is 25.7 Å². The van der Waals surface area contributed by atoms with E-state index in [2.05, 4.69) is 10.1 Å². The number of hydrogen-bond donors (Lipinski definition) is 1. The third-order valence-corrected chi connectivity index (χ3v) is 3.42. The lowest BCUT2D eigenvalue weighted by molar-refractivity contribution is -0.153. The molecule has 1 saturated heterocycles. The summed E-state index contributed by atoms with van der Waals surface area (Å²) in [5, 5.41) is 2.65. The number of cyclic esters (lactones) is 2. The van der Waals surface area contributed by atoms with E-state index in [1.807, 2.05) is 30.3 Å². The number of nitrogens with one attached hydrogen (secondary N) is 1. The summed E-state index contributed by atoms with van der Waals surface area (Å²) in [7, 11) is 0. The Kier molecular flexibility index (Phi) is 5.94. The highest BCUT2D eigenvalue weighted by molar-refractivity contribution is 5.94. The normalized spacial score (nSPS) is 17.2. The molecule has 0 aliphatic carbocycles. The summed E-state index contributed by atoms with van der Waals surface area (Å²) >= 11 is 0. The summed E-state index contributed by atoms with van der Waals surface area (Å²) < 4.78 is 9.55. The molecule has 6 heteroatoms. The molecular weight excluding hydrogens is 286 g/mol. The zero-order valence-corrected chi connectivity index (χ0v) is 12.2. The van der Waals surface area contributed by atoms with Crippen LogP contribution in [0.3, 0.4) is 0 Å². The van der Waals surface area contributed by atoms with Crippen molar-refractivity contribution in [2.24, 2.45) is 5.92 Å². The van der Waals surface area contributed by atoms with E-state index in [0.717, 1.165) is 18.4 Å². The lowest BCUT2D eigenvalue weighted by atomic mass is 10.0. The van der Waals surface area contributed by atoms with E-state index >= 15 is 0 Å². The molecule has 22 heavy (non-hydrogen) atoms. The number of esters is 2. The predicted octanol–water partition coefficient (Wildman–Crippen LogP) is 2.17. The fraction of sp³-hybridized carbons (Fsp3) is 0.438. The van der Waals surface area contributed by atoms with Crippen LogP contribution in [0.4, 0.5) is 4.79 Å². The van der Waals surface area contributed by atoms with Gasteiger partial charge in [-0.05, 0) is 18.4 Å². The zero-order chi connectivity index (χ0) is 15.8. The van der Waals surface area contributed by atoms with Crippen LogP contribution in [0.1, 0.15) is 31.2 Å². The maximum Gasteiger partial charge on any atom is 0.407 e. The van der Waals surface area contributed by atoms with Crippen molar-refractivity contribution in [3.05, 3.63) is 35.9 Å². The van der Waals surface area contributed by atoms with Crippen molar-refractivity contribution in [1.82, 2.24) is 5.32 Å². The summed E-state index contributed by atoms with van der Waals surface area (Å²) in [4.78, 5) is 33.6. The SMILES string of the molecule is O=C1CC(CCCCNC(=O)OCc2ccccc2)C(=O)O1. The zero-order valence-electron chi connectivity index (χ0n) is 12.2. The lowest BCUT2D eigenvalue weighted by Gasteiger charge is -2.07. The van der Waals surface area contributed by atoms with Gasteiger partial charge in [-0.15, -0.1) is 0 Å². The van der Waals surface area contributed by atoms with Crippen LogP contribution >= 0.6 is 0 Å². The predicted molar refractivity (Wildman–Crippen MR) is 77.7 cm³/mol. The molecular formula is C16H19NO5. The second-order valence-corrected chi connectivity index (χ2v) is 5.18. The average Bonchev–Trinajstić information content (AvgIpc) is 2.84. The highest BCUT2D eigenvalue weighted by atomic mass is 16.6. The smallest absolute Gasteiger partial charge is 0.407 e. The first-order chi connectivity index (χ1) is 10.6. The minimum Gasteiger partial charge on any atom is -0.445 e. The van der Waals surface area contributed by atoms with Gasteiger partial charge in [0, 0.05) is 6.54 Å². The van der Waals surface area contributed by atoms with Crippen LogP contribution in [0.15, 0.2) is 30.3 Å². The summed E-state index contributed by atoms with van der Waals surface area (Å²) in [5.74, 6) is -1.20. The molecule has 1 heterocycles. The fourth-order valence-corrected chi connectivity index (χ4v) is 2.22. The molecule has 0 aromatic heterocycles. The van der Waals surface area contributed by atoms with Crippen LogP contribution in [0, 0.1) is 5.92 Å². The topological polar surface area (TPSA) is 81.7 Å². The van der Waals surface area contributed by atoms with E-state index in [9.17, 15) is 14.4 Å². The fourth-order valence-electron chi connectivity index (χ4n) is 2.22. The first kappa shape index (κ1) is 16.0. The molecule has 0 saturated carbocycles. The van der Waals surface area contributed by atoms with Crippen molar-refractivity contribution in [2.75, 3.05) is 6.54 Å². The van der Waals surface area contributed by atoms with Crippen LogP contribution in [0.5, 0.6) is 0 Å². The molecule has 6 nitrogen and oxygen atoms in total. The van der Waals surface area contributed by atoms with Crippen LogP contribution in [0.2, 0.25) is 0 Å². The molecule has 1 amide bonds. The van der Waals surface area contributed by atoms with E-state index in [4.69, 9.17) is 4.74 Å². The molecule has 1 unspecified atom stereocenters. The van der Waals surface area contributed by atoms with Crippen LogP contribution < -0.4 is 5.32 Å². The minimum atomic E-state index is -0.459. The second-order valence-electron chi connectivity index (χ2n) is 5.18. The summed E-state index contributed by atoms with van der Waals surface area (Å²) in [5.41, 5.74) is 0.932. The number of carbonyl (C=O) groups is 3. The summed E-state index contributed by atoms with van der Waals surface area (Å²) in [6.07, 6.45) is 1.78. The van der Waals surface area contributed by atoms with Gasteiger partial charge in [0.15, 0.2) is 0 Å². The van der Waals surface area contributed by atoms with Gasteiger partial charge in [-0.3, -0.25) is 9.59 Å². The van der Waals surface area contributed by atoms with E-state index in [0.29, 0.717) is 13.0 Å². The van der Waals surface area contributed by atoms with Crippen LogP contribution in [0.25, 0.3) is 0 Å². The van der Waals surface area contributed by atoms with E-state index in [1.54, 1.807) is 0 Å². The number of carbonyl (C=O) groups excluding carboxylic acids is 3. The van der Waals surface area contributed by atoms with Crippen molar-refractivity contribution < 1.29 is 23.9 Å². The van der Waals surface area contributed by atoms with E-state index in [-0.39, 0.29) is 18.9 Å². The van der Waals surface area contributed by atoms with E-state index < -0.39 is 18.0 Å². The Labute approximate surface area is 128 Å². The van der Waals surface area contributed by atoms with E-state index in [1.165, 1.54) is 0 Å². The van der Waals surface area contributed by atoms with Gasteiger partial charge in [0.25, 0.3) is 0 Å². The first-order valence-electron chi connectivity index (χ1n) is 7.34. The standard InChI is InChI=1S/C16H19NO5/c18-14-10-13(15(19)22-14)8-4-5-9-17-16(20)21-11-12-6-2-1-3-7-12/h1-3,6-7,13H,4-5,8-11H2,(H,17,20). The largest absolute Gasteiger partial charge is 0.445 e. The number of amides is 1. The van der Waals surface area contributed by atoms with Gasteiger partial charge in [0.1, 0.15) is 6.61 Å². The third-order valence-electron chi connectivity index (χ3n) is 3.42. The van der Waals surface area contributed by atoms with Gasteiger partial charge in [-0.1, -0.05) is 36.8 Å². The van der Waals surface area contributed by atoms with Gasteiger partial charge in [0.2, 0.25) is 0 Å². The molecule has 2 rings (SSSR count). The van der Waals surface area contributed by atoms with Gasteiger partial charge in [-0.2, -0.15) is 0 Å². The first-order valence-corrected chi connectivity index (χ1v) is 7.34. The average molecular weight is 305 g/mol. The number of unbranched alkanes of at least 4 members (excludes halogenated alkanes) is 1. The van der Waals surface area contributed by atoms with Crippen molar-refractivity contribution in [3.63, 3.8) is 0 Å². The molecule has 0 radical (unpaired) electrons. The Hall–Kier alpha value is -2.37. The monoisotopic (exact) mass is 305 g/mol. The highest BCUT2D eigenvalue weighted by Gasteiger charge is 2.32. The molecule has 0 spiro atoms. The summed E-state index contributed by atoms with van der Waals surface area (Å²) in [6.45, 7) is 0.714. The molecule has 1 aromatic carbocycles. The molecule has 1 aromatic rings. The number of alkyl carbamates (subject to hydrolysis) is 1. The maximum atomic E-state index is 11.5. The van der Waals surface area contributed by atoms with Gasteiger partial charge >= 0.3 is 18.0 Å². The molecule has 1 N–H and O–H groups in total. The molecule has 1 atom stereocenters. The second kappa shape index (κ2) is 8.17. The van der Waals surface area contributed by atoms with Crippen molar-refractivity contribution in [1.29, 1.82) is 0 Å². The van der Waals surface area contributed by atoms with Gasteiger partial charge in [0.05, 0.1) is 12.3 Å². The Morgan fingerprint density at radius 1 is 1.23 bits per heavy atom. The van der Waals surface area contributed by atoms with Crippen molar-refractivity contribution in [2.45, 2.75) is 32.3 Å². The number of ether oxygens (including phenoxy) is 2. The number of rotatable bonds is 7. The van der Waals surface area contributed by atoms with Crippen LogP contribution in [-0.4, -0.2) is 24.6 Å². The summed E-state index contributed by atoms with van der Waals surface area (Å²) in [6, 6.07) is 9.44. The highest BCUT2D eigenvalue weighted by Crippen LogP contribution is 2.21. The molecule has 1 aliphatic rings. The van der Waals surface area contributed by atoms with Crippen molar-refractivity contribution in [3.8, 4) is 0 Å². The quantitative estimate of drug-likeness (QED) is 0.474. The lowest BCUT2D eigenvalue weighted by Crippen LogP contribution is -2.25. The van der Waals surface area contributed by atoms with Gasteiger partial charge in [-0.25, -0.2) is 4.79 Å². The van der Waals surface area contributed by atoms with Crippen molar-refractivity contribution >= 4 is 18.0 Å². The molecule has 0 bridgehead atoms. The minimum absolute atomic E-state index is 0.172. The molecule has 118 valence electrons. The maximum absolute atomic E-state index is 11.5. The Morgan fingerprint density at radius 2 is 2.00 bits per heavy atom.